The number of aliphatic hydroxyl groups is 2. The highest BCUT2D eigenvalue weighted by molar-refractivity contribution is 5.52. The Morgan fingerprint density at radius 1 is 1.23 bits per heavy atom. The Labute approximate surface area is 181 Å². The fourth-order valence-electron chi connectivity index (χ4n) is 4.97. The van der Waals surface area contributed by atoms with Gasteiger partial charge in [0.1, 0.15) is 41.5 Å². The summed E-state index contributed by atoms with van der Waals surface area (Å²) in [7, 11) is 1.49. The molecule has 3 aliphatic heterocycles. The van der Waals surface area contributed by atoms with Gasteiger partial charge in [0.2, 0.25) is 0 Å². The van der Waals surface area contributed by atoms with Crippen LogP contribution in [0.4, 0.5) is 0 Å². The minimum Gasteiger partial charge on any atom is -0.496 e. The molecule has 4 heterocycles. The second-order valence-electron chi connectivity index (χ2n) is 8.77. The summed E-state index contributed by atoms with van der Waals surface area (Å²) >= 11 is 0. The second kappa shape index (κ2) is 7.86. The molecule has 0 aliphatic carbocycles. The second-order valence-corrected chi connectivity index (χ2v) is 8.77. The van der Waals surface area contributed by atoms with E-state index in [1.165, 1.54) is 13.2 Å². The van der Waals surface area contributed by atoms with E-state index in [4.69, 9.17) is 23.4 Å². The van der Waals surface area contributed by atoms with Crippen molar-refractivity contribution in [2.24, 2.45) is 5.41 Å². The highest BCUT2D eigenvalue weighted by Crippen LogP contribution is 2.58. The van der Waals surface area contributed by atoms with Crippen molar-refractivity contribution in [3.05, 3.63) is 46.0 Å². The largest absolute Gasteiger partial charge is 0.496 e. The van der Waals surface area contributed by atoms with E-state index in [9.17, 15) is 15.0 Å². The Morgan fingerprint density at radius 2 is 1.97 bits per heavy atom. The van der Waals surface area contributed by atoms with Crippen LogP contribution in [0.5, 0.6) is 5.75 Å². The lowest BCUT2D eigenvalue weighted by Gasteiger charge is -2.39. The van der Waals surface area contributed by atoms with Crippen LogP contribution in [0.15, 0.2) is 33.5 Å². The van der Waals surface area contributed by atoms with Gasteiger partial charge in [-0.15, -0.1) is 0 Å². The highest BCUT2D eigenvalue weighted by atomic mass is 16.7. The van der Waals surface area contributed by atoms with Crippen LogP contribution in [0, 0.1) is 12.3 Å². The number of ether oxygens (including phenoxy) is 4. The quantitative estimate of drug-likeness (QED) is 0.677. The summed E-state index contributed by atoms with van der Waals surface area (Å²) in [5.41, 5.74) is -1.73. The standard InChI is InChI=1S/C23H30O8/c1-6-16-23(4,26)22(3)20-19(31-21(22)30-16)18(25)14(29-20)10-8-7-9-13-12(2)15(27-5)11-17(24)28-13/h7-11,14,16,18-21,25-26H,6H2,1-5H3/b9-7+,10-8+/t14-,16-,18-,19-,20+,21-,22+,23+/m1/s1. The molecule has 0 aromatic carbocycles. The van der Waals surface area contributed by atoms with Crippen LogP contribution in [0.2, 0.25) is 0 Å². The molecule has 8 heteroatoms. The number of methoxy groups -OCH3 is 1. The van der Waals surface area contributed by atoms with Crippen molar-refractivity contribution in [2.45, 2.75) is 76.5 Å². The molecule has 0 bridgehead atoms. The van der Waals surface area contributed by atoms with E-state index in [1.807, 2.05) is 13.8 Å². The van der Waals surface area contributed by atoms with Crippen LogP contribution in [-0.2, 0) is 14.2 Å². The van der Waals surface area contributed by atoms with Crippen LogP contribution in [0.1, 0.15) is 38.5 Å². The Kier molecular flexibility index (Phi) is 5.64. The topological polar surface area (TPSA) is 108 Å². The first-order valence-electron chi connectivity index (χ1n) is 10.6. The molecule has 3 saturated heterocycles. The van der Waals surface area contributed by atoms with Gasteiger partial charge in [0.25, 0.3) is 0 Å². The number of rotatable bonds is 5. The van der Waals surface area contributed by atoms with Gasteiger partial charge >= 0.3 is 5.63 Å². The van der Waals surface area contributed by atoms with Crippen LogP contribution in [0.25, 0.3) is 6.08 Å². The maximum Gasteiger partial charge on any atom is 0.339 e. The summed E-state index contributed by atoms with van der Waals surface area (Å²) < 4.78 is 28.4. The molecule has 8 nitrogen and oxygen atoms in total. The molecule has 1 aromatic rings. The summed E-state index contributed by atoms with van der Waals surface area (Å²) in [4.78, 5) is 11.6. The zero-order valence-electron chi connectivity index (χ0n) is 18.4. The van der Waals surface area contributed by atoms with Crippen LogP contribution in [-0.4, -0.2) is 59.7 Å². The average Bonchev–Trinajstić information content (AvgIpc) is 3.26. The lowest BCUT2D eigenvalue weighted by molar-refractivity contribution is -0.167. The molecule has 1 aromatic heterocycles. The SMILES string of the molecule is CC[C@H]1O[C@@H]2O[C@@H]3[C@H](O)[C@@H](/C=C/C=C/c4oc(=O)cc(OC)c4C)O[C@@H]3[C@]2(C)[C@@]1(C)O. The van der Waals surface area contributed by atoms with Gasteiger partial charge in [0.05, 0.1) is 24.7 Å². The van der Waals surface area contributed by atoms with Crippen molar-refractivity contribution in [1.29, 1.82) is 0 Å². The van der Waals surface area contributed by atoms with E-state index < -0.39 is 47.3 Å². The molecule has 0 saturated carbocycles. The zero-order chi connectivity index (χ0) is 22.6. The number of fused-ring (bicyclic) bond motifs is 3. The van der Waals surface area contributed by atoms with Crippen molar-refractivity contribution < 1.29 is 33.6 Å². The molecule has 0 amide bonds. The Hall–Kier alpha value is -1.97. The van der Waals surface area contributed by atoms with Gasteiger partial charge < -0.3 is 33.6 Å². The maximum atomic E-state index is 11.6. The molecule has 2 N–H and O–H groups in total. The smallest absolute Gasteiger partial charge is 0.339 e. The Bertz CT molecular complexity index is 947. The van der Waals surface area contributed by atoms with Crippen molar-refractivity contribution in [3.8, 4) is 5.75 Å². The normalized spacial score (nSPS) is 41.9. The first kappa shape index (κ1) is 22.2. The first-order valence-corrected chi connectivity index (χ1v) is 10.6. The lowest BCUT2D eigenvalue weighted by atomic mass is 9.69. The lowest BCUT2D eigenvalue weighted by Crippen LogP contribution is -2.54. The van der Waals surface area contributed by atoms with Crippen molar-refractivity contribution >= 4 is 6.08 Å². The van der Waals surface area contributed by atoms with Crippen LogP contribution in [0.3, 0.4) is 0 Å². The first-order chi connectivity index (χ1) is 14.6. The third-order valence-corrected chi connectivity index (χ3v) is 7.09. The predicted octanol–water partition coefficient (Wildman–Crippen LogP) is 1.95. The fourth-order valence-corrected chi connectivity index (χ4v) is 4.97. The van der Waals surface area contributed by atoms with Gasteiger partial charge in [-0.05, 0) is 33.3 Å². The van der Waals surface area contributed by atoms with Crippen molar-refractivity contribution in [1.82, 2.24) is 0 Å². The summed E-state index contributed by atoms with van der Waals surface area (Å²) in [5.74, 6) is 0.848. The van der Waals surface area contributed by atoms with E-state index in [1.54, 1.807) is 38.2 Å². The summed E-state index contributed by atoms with van der Waals surface area (Å²) in [6, 6.07) is 1.29. The van der Waals surface area contributed by atoms with Crippen LogP contribution < -0.4 is 10.4 Å². The highest BCUT2D eigenvalue weighted by Gasteiger charge is 2.73. The van der Waals surface area contributed by atoms with Gasteiger partial charge in [-0.2, -0.15) is 0 Å². The van der Waals surface area contributed by atoms with Gasteiger partial charge in [-0.25, -0.2) is 4.79 Å². The summed E-state index contributed by atoms with van der Waals surface area (Å²) in [6.45, 7) is 7.39. The Morgan fingerprint density at radius 3 is 2.65 bits per heavy atom. The van der Waals surface area contributed by atoms with Crippen molar-refractivity contribution in [2.75, 3.05) is 7.11 Å². The molecule has 170 valence electrons. The number of hydrogen-bond acceptors (Lipinski definition) is 8. The average molecular weight is 434 g/mol. The fraction of sp³-hybridized carbons (Fsp3) is 0.609. The summed E-state index contributed by atoms with van der Waals surface area (Å²) in [5, 5.41) is 21.9. The molecular formula is C23H30O8. The molecule has 3 aliphatic rings. The van der Waals surface area contributed by atoms with Gasteiger partial charge in [0, 0.05) is 5.56 Å². The minimum atomic E-state index is -1.15. The minimum absolute atomic E-state index is 0.359. The molecule has 0 radical (unpaired) electrons. The molecule has 8 atom stereocenters. The van der Waals surface area contributed by atoms with E-state index in [-0.39, 0.29) is 6.10 Å². The number of aliphatic hydroxyl groups excluding tert-OH is 1. The van der Waals surface area contributed by atoms with Gasteiger partial charge in [-0.1, -0.05) is 25.2 Å². The Balaban J connectivity index is 1.49. The third kappa shape index (κ3) is 3.29. The zero-order valence-corrected chi connectivity index (χ0v) is 18.4. The van der Waals surface area contributed by atoms with E-state index in [2.05, 4.69) is 0 Å². The molecular weight excluding hydrogens is 404 g/mol. The van der Waals surface area contributed by atoms with E-state index in [0.717, 1.165) is 0 Å². The van der Waals surface area contributed by atoms with Gasteiger partial charge in [0.15, 0.2) is 6.29 Å². The number of hydrogen-bond donors (Lipinski definition) is 2. The van der Waals surface area contributed by atoms with Crippen molar-refractivity contribution in [3.63, 3.8) is 0 Å². The molecule has 31 heavy (non-hydrogen) atoms. The van der Waals surface area contributed by atoms with Crippen LogP contribution >= 0.6 is 0 Å². The summed E-state index contributed by atoms with van der Waals surface area (Å²) in [6.07, 6.45) is 3.85. The molecule has 3 fully saturated rings. The van der Waals surface area contributed by atoms with E-state index in [0.29, 0.717) is 23.5 Å². The predicted molar refractivity (Wildman–Crippen MR) is 112 cm³/mol. The maximum absolute atomic E-state index is 11.6. The third-order valence-electron chi connectivity index (χ3n) is 7.09. The molecule has 4 rings (SSSR count). The number of allylic oxidation sites excluding steroid dienone is 2. The molecule has 0 spiro atoms. The van der Waals surface area contributed by atoms with Gasteiger partial charge in [-0.3, -0.25) is 0 Å². The molecule has 0 unspecified atom stereocenters. The van der Waals surface area contributed by atoms with E-state index >= 15 is 0 Å². The monoisotopic (exact) mass is 434 g/mol.